The van der Waals surface area contributed by atoms with E-state index in [-0.39, 0.29) is 23.6 Å². The Hall–Kier alpha value is -1.42. The second-order valence-corrected chi connectivity index (χ2v) is 15.4. The number of likely N-dealkylation sites (tertiary alicyclic amines) is 1. The van der Waals surface area contributed by atoms with Gasteiger partial charge in [-0.2, -0.15) is 23.5 Å². The third kappa shape index (κ3) is 8.54. The molecule has 3 fully saturated rings. The van der Waals surface area contributed by atoms with Crippen LogP contribution in [0.4, 0.5) is 4.79 Å². The summed E-state index contributed by atoms with van der Waals surface area (Å²) in [6, 6.07) is 9.09. The van der Waals surface area contributed by atoms with E-state index in [1.165, 1.54) is 0 Å². The van der Waals surface area contributed by atoms with Crippen molar-refractivity contribution < 1.29 is 19.4 Å². The maximum absolute atomic E-state index is 13.4. The number of nitrogens with zero attached hydrogens (tertiary/aromatic N) is 1. The molecule has 3 aliphatic heterocycles. The molecule has 39 heavy (non-hydrogen) atoms. The summed E-state index contributed by atoms with van der Waals surface area (Å²) in [4.78, 5) is 28.6. The van der Waals surface area contributed by atoms with Crippen molar-refractivity contribution in [2.45, 2.75) is 101 Å². The van der Waals surface area contributed by atoms with Gasteiger partial charge in [-0.3, -0.25) is 9.69 Å². The summed E-state index contributed by atoms with van der Waals surface area (Å²) in [6.45, 7) is 11.4. The molecule has 2 amide bonds. The van der Waals surface area contributed by atoms with Gasteiger partial charge in [0.15, 0.2) is 0 Å². The first-order chi connectivity index (χ1) is 18.5. The van der Waals surface area contributed by atoms with Gasteiger partial charge in [0.2, 0.25) is 5.91 Å². The molecule has 7 atom stereocenters. The number of benzene rings is 1. The van der Waals surface area contributed by atoms with Crippen LogP contribution in [-0.4, -0.2) is 86.9 Å². The number of fused-ring (bicyclic) bond motifs is 1. The fourth-order valence-corrected chi connectivity index (χ4v) is 9.05. The predicted molar refractivity (Wildman–Crippen MR) is 161 cm³/mol. The number of alkyl carbamates (subject to hydrolysis) is 1. The van der Waals surface area contributed by atoms with Crippen molar-refractivity contribution >= 4 is 35.5 Å². The van der Waals surface area contributed by atoms with Crippen molar-refractivity contribution in [3.8, 4) is 0 Å². The Morgan fingerprint density at radius 2 is 1.85 bits per heavy atom. The number of ether oxygens (including phenoxy) is 1. The average Bonchev–Trinajstić information content (AvgIpc) is 3.51. The molecule has 4 rings (SSSR count). The molecule has 3 saturated heterocycles. The Labute approximate surface area is 243 Å². The van der Waals surface area contributed by atoms with Gasteiger partial charge >= 0.3 is 6.09 Å². The Kier molecular flexibility index (Phi) is 10.6. The first-order valence-corrected chi connectivity index (χ1v) is 16.6. The van der Waals surface area contributed by atoms with E-state index >= 15 is 0 Å². The lowest BCUT2D eigenvalue weighted by Crippen LogP contribution is -2.60. The first-order valence-electron chi connectivity index (χ1n) is 14.5. The lowest BCUT2D eigenvalue weighted by atomic mass is 9.89. The summed E-state index contributed by atoms with van der Waals surface area (Å²) in [5.41, 5.74) is 0.709. The molecule has 0 radical (unpaired) electrons. The van der Waals surface area contributed by atoms with Gasteiger partial charge < -0.3 is 20.5 Å². The van der Waals surface area contributed by atoms with Crippen molar-refractivity contribution in [2.75, 3.05) is 24.6 Å². The number of carbonyl (C=O) groups is 2. The smallest absolute Gasteiger partial charge is 0.407 e. The largest absolute Gasteiger partial charge is 0.445 e. The highest BCUT2D eigenvalue weighted by molar-refractivity contribution is 8.00. The van der Waals surface area contributed by atoms with Gasteiger partial charge in [-0.15, -0.1) is 0 Å². The molecule has 0 aromatic heterocycles. The number of hydrogen-bond acceptors (Lipinski definition) is 7. The SMILES string of the molecule is CC(C)[C@H]1SCC[C@H]1OC(=O)N[C@@H](Cc1ccccc1)[C@H](O)CN1C[C@H]2CCS[C@H]2C[C@H]1C(=O)NC(C)(C)C. The standard InChI is InChI=1S/C30H47N3O4S2/c1-19(2)27-25(12-14-39-27)37-29(36)31-22(15-20-9-7-6-8-10-20)24(34)18-33-17-21-11-13-38-26(21)16-23(33)28(35)32-30(3,4)5/h6-10,19,21-27,34H,11-18H2,1-5H3,(H,31,36)(H,32,35)/t21-,22+,23+,24-,25-,26+,27-/m1/s1. The van der Waals surface area contributed by atoms with Crippen LogP contribution >= 0.6 is 23.5 Å². The number of piperidine rings is 1. The van der Waals surface area contributed by atoms with E-state index in [0.717, 1.165) is 42.9 Å². The minimum atomic E-state index is -0.854. The van der Waals surface area contributed by atoms with Gasteiger partial charge in [-0.05, 0) is 75.4 Å². The van der Waals surface area contributed by atoms with Gasteiger partial charge in [0.05, 0.1) is 18.2 Å². The molecule has 0 unspecified atom stereocenters. The highest BCUT2D eigenvalue weighted by Crippen LogP contribution is 2.40. The molecule has 218 valence electrons. The topological polar surface area (TPSA) is 90.9 Å². The summed E-state index contributed by atoms with van der Waals surface area (Å²) in [7, 11) is 0. The number of thioether (sulfide) groups is 2. The van der Waals surface area contributed by atoms with Crippen molar-refractivity contribution in [3.63, 3.8) is 0 Å². The normalized spacial score (nSPS) is 29.1. The van der Waals surface area contributed by atoms with E-state index in [9.17, 15) is 14.7 Å². The molecule has 3 aliphatic rings. The number of β-amino-alcohol motifs (C(OH)–C–C–N with tert-alkyl or cyclic N) is 1. The highest BCUT2D eigenvalue weighted by Gasteiger charge is 2.43. The first kappa shape index (κ1) is 30.5. The van der Waals surface area contributed by atoms with E-state index in [1.54, 1.807) is 0 Å². The summed E-state index contributed by atoms with van der Waals surface area (Å²) < 4.78 is 5.90. The van der Waals surface area contributed by atoms with Crippen molar-refractivity contribution in [1.82, 2.24) is 15.5 Å². The minimum absolute atomic E-state index is 0.0195. The quantitative estimate of drug-likeness (QED) is 0.403. The van der Waals surface area contributed by atoms with Crippen LogP contribution in [0.25, 0.3) is 0 Å². The molecule has 0 saturated carbocycles. The Morgan fingerprint density at radius 3 is 2.54 bits per heavy atom. The monoisotopic (exact) mass is 577 g/mol. The Morgan fingerprint density at radius 1 is 1.13 bits per heavy atom. The van der Waals surface area contributed by atoms with Crippen molar-refractivity contribution in [3.05, 3.63) is 35.9 Å². The van der Waals surface area contributed by atoms with E-state index < -0.39 is 18.2 Å². The van der Waals surface area contributed by atoms with Gasteiger partial charge in [-0.1, -0.05) is 44.2 Å². The summed E-state index contributed by atoms with van der Waals surface area (Å²) >= 11 is 3.84. The third-order valence-corrected chi connectivity index (χ3v) is 11.2. The fourth-order valence-electron chi connectivity index (χ4n) is 6.07. The van der Waals surface area contributed by atoms with Gasteiger partial charge in [-0.25, -0.2) is 4.79 Å². The molecule has 0 spiro atoms. The lowest BCUT2D eigenvalue weighted by Gasteiger charge is -2.43. The van der Waals surface area contributed by atoms with Crippen LogP contribution in [0, 0.1) is 11.8 Å². The second-order valence-electron chi connectivity index (χ2n) is 12.7. The summed E-state index contributed by atoms with van der Waals surface area (Å²) in [6.07, 6.45) is 1.83. The van der Waals surface area contributed by atoms with E-state index in [0.29, 0.717) is 35.3 Å². The van der Waals surface area contributed by atoms with Crippen molar-refractivity contribution in [1.29, 1.82) is 0 Å². The maximum atomic E-state index is 13.4. The highest BCUT2D eigenvalue weighted by atomic mass is 32.2. The molecule has 0 bridgehead atoms. The fraction of sp³-hybridized carbons (Fsp3) is 0.733. The Bertz CT molecular complexity index is 957. The number of aliphatic hydroxyl groups is 1. The Balaban J connectivity index is 1.47. The van der Waals surface area contributed by atoms with Gasteiger partial charge in [0, 0.05) is 29.1 Å². The summed E-state index contributed by atoms with van der Waals surface area (Å²) in [5, 5.41) is 18.6. The summed E-state index contributed by atoms with van der Waals surface area (Å²) in [5.74, 6) is 3.09. The number of carbonyl (C=O) groups excluding carboxylic acids is 2. The molecule has 0 aliphatic carbocycles. The second kappa shape index (κ2) is 13.5. The van der Waals surface area contributed by atoms with Crippen LogP contribution in [-0.2, 0) is 16.0 Å². The molecule has 1 aromatic carbocycles. The number of aliphatic hydroxyl groups excluding tert-OH is 1. The predicted octanol–water partition coefficient (Wildman–Crippen LogP) is 4.33. The zero-order chi connectivity index (χ0) is 28.2. The van der Waals surface area contributed by atoms with Crippen LogP contribution in [0.2, 0.25) is 0 Å². The van der Waals surface area contributed by atoms with Gasteiger partial charge in [0.1, 0.15) is 6.10 Å². The van der Waals surface area contributed by atoms with E-state index in [2.05, 4.69) is 29.4 Å². The molecule has 1 aromatic rings. The average molecular weight is 578 g/mol. The number of hydrogen-bond donors (Lipinski definition) is 3. The van der Waals surface area contributed by atoms with Crippen LogP contribution in [0.5, 0.6) is 0 Å². The number of amides is 2. The van der Waals surface area contributed by atoms with Crippen LogP contribution in [0.3, 0.4) is 0 Å². The number of rotatable bonds is 9. The lowest BCUT2D eigenvalue weighted by molar-refractivity contribution is -0.130. The zero-order valence-electron chi connectivity index (χ0n) is 24.1. The van der Waals surface area contributed by atoms with Gasteiger partial charge in [0.25, 0.3) is 0 Å². The molecule has 3 N–H and O–H groups in total. The molecular weight excluding hydrogens is 530 g/mol. The van der Waals surface area contributed by atoms with E-state index in [4.69, 9.17) is 4.74 Å². The molecule has 9 heteroatoms. The number of nitrogens with one attached hydrogen (secondary N) is 2. The van der Waals surface area contributed by atoms with Crippen LogP contribution in [0.1, 0.15) is 59.4 Å². The van der Waals surface area contributed by atoms with Crippen LogP contribution < -0.4 is 10.6 Å². The molecule has 7 nitrogen and oxygen atoms in total. The maximum Gasteiger partial charge on any atom is 0.407 e. The molecular formula is C30H47N3O4S2. The third-order valence-electron chi connectivity index (χ3n) is 7.99. The minimum Gasteiger partial charge on any atom is -0.445 e. The molecule has 3 heterocycles. The van der Waals surface area contributed by atoms with Crippen molar-refractivity contribution in [2.24, 2.45) is 11.8 Å². The van der Waals surface area contributed by atoms with Crippen LogP contribution in [0.15, 0.2) is 30.3 Å². The van der Waals surface area contributed by atoms with E-state index in [1.807, 2.05) is 74.6 Å². The zero-order valence-corrected chi connectivity index (χ0v) is 25.7.